The van der Waals surface area contributed by atoms with E-state index in [4.69, 9.17) is 16.3 Å². The Morgan fingerprint density at radius 2 is 2.00 bits per heavy atom. The molecule has 1 aliphatic heterocycles. The number of piperidine rings is 1. The highest BCUT2D eigenvalue weighted by Crippen LogP contribution is 2.29. The van der Waals surface area contributed by atoms with E-state index >= 15 is 0 Å². The molecule has 3 rings (SSSR count). The lowest BCUT2D eigenvalue weighted by Gasteiger charge is -2.38. The van der Waals surface area contributed by atoms with E-state index in [-0.39, 0.29) is 17.7 Å². The van der Waals surface area contributed by atoms with Crippen molar-refractivity contribution in [2.75, 3.05) is 25.1 Å². The van der Waals surface area contributed by atoms with Gasteiger partial charge in [0.15, 0.2) is 0 Å². The topological polar surface area (TPSA) is 53.0 Å². The van der Waals surface area contributed by atoms with Crippen molar-refractivity contribution >= 4 is 23.2 Å². The molecule has 1 fully saturated rings. The summed E-state index contributed by atoms with van der Waals surface area (Å²) in [6.07, 6.45) is 2.22. The zero-order chi connectivity index (χ0) is 20.1. The number of hydrogen-bond donors (Lipinski definition) is 1. The molecule has 0 bridgehead atoms. The SMILES string of the molecule is CCC(=O)N(c1cccc(OC)c1)C1CCN(Cc2cc(Cl)ccc2O)CC1. The molecule has 150 valence electrons. The Morgan fingerprint density at radius 1 is 1.25 bits per heavy atom. The van der Waals surface area contributed by atoms with Crippen LogP contribution in [0.25, 0.3) is 0 Å². The van der Waals surface area contributed by atoms with Crippen LogP contribution in [0.4, 0.5) is 5.69 Å². The van der Waals surface area contributed by atoms with Crippen LogP contribution in [-0.4, -0.2) is 42.2 Å². The first-order chi connectivity index (χ1) is 13.5. The van der Waals surface area contributed by atoms with Crippen LogP contribution < -0.4 is 9.64 Å². The zero-order valence-electron chi connectivity index (χ0n) is 16.4. The molecule has 0 saturated carbocycles. The van der Waals surface area contributed by atoms with Gasteiger partial charge >= 0.3 is 0 Å². The number of amides is 1. The van der Waals surface area contributed by atoms with Crippen LogP contribution in [-0.2, 0) is 11.3 Å². The molecule has 1 heterocycles. The quantitative estimate of drug-likeness (QED) is 0.774. The highest BCUT2D eigenvalue weighted by Gasteiger charge is 2.29. The molecule has 1 saturated heterocycles. The molecule has 0 radical (unpaired) electrons. The maximum atomic E-state index is 12.7. The largest absolute Gasteiger partial charge is 0.508 e. The third kappa shape index (κ3) is 4.78. The summed E-state index contributed by atoms with van der Waals surface area (Å²) in [6.45, 7) is 4.26. The maximum absolute atomic E-state index is 12.7. The van der Waals surface area contributed by atoms with E-state index in [0.717, 1.165) is 42.9 Å². The van der Waals surface area contributed by atoms with Gasteiger partial charge < -0.3 is 14.7 Å². The first-order valence-corrected chi connectivity index (χ1v) is 10.1. The van der Waals surface area contributed by atoms with Gasteiger partial charge in [-0.05, 0) is 43.2 Å². The molecule has 1 N–H and O–H groups in total. The van der Waals surface area contributed by atoms with Gasteiger partial charge in [0.2, 0.25) is 5.91 Å². The number of carbonyl (C=O) groups excluding carboxylic acids is 1. The van der Waals surface area contributed by atoms with Gasteiger partial charge in [-0.3, -0.25) is 9.69 Å². The molecule has 5 nitrogen and oxygen atoms in total. The van der Waals surface area contributed by atoms with Crippen LogP contribution in [0.3, 0.4) is 0 Å². The van der Waals surface area contributed by atoms with Crippen LogP contribution in [0.5, 0.6) is 11.5 Å². The van der Waals surface area contributed by atoms with E-state index in [1.54, 1.807) is 19.2 Å². The van der Waals surface area contributed by atoms with E-state index in [1.807, 2.05) is 42.2 Å². The fourth-order valence-corrected chi connectivity index (χ4v) is 3.94. The Balaban J connectivity index is 1.70. The van der Waals surface area contributed by atoms with Gasteiger partial charge in [-0.1, -0.05) is 24.6 Å². The number of halogens is 1. The fraction of sp³-hybridized carbons (Fsp3) is 0.409. The fourth-order valence-electron chi connectivity index (χ4n) is 3.75. The van der Waals surface area contributed by atoms with E-state index in [1.165, 1.54) is 0 Å². The Bertz CT molecular complexity index is 819. The Morgan fingerprint density at radius 3 is 2.68 bits per heavy atom. The minimum atomic E-state index is 0.124. The summed E-state index contributed by atoms with van der Waals surface area (Å²) in [5.74, 6) is 1.14. The summed E-state index contributed by atoms with van der Waals surface area (Å²) in [4.78, 5) is 16.9. The molecule has 2 aromatic rings. The summed E-state index contributed by atoms with van der Waals surface area (Å²) in [5, 5.41) is 10.7. The summed E-state index contributed by atoms with van der Waals surface area (Å²) in [5.41, 5.74) is 1.72. The molecule has 0 atom stereocenters. The normalized spacial score (nSPS) is 15.4. The number of methoxy groups -OCH3 is 1. The maximum Gasteiger partial charge on any atom is 0.226 e. The monoisotopic (exact) mass is 402 g/mol. The van der Waals surface area contributed by atoms with Gasteiger partial charge in [0.05, 0.1) is 7.11 Å². The molecule has 0 spiro atoms. The predicted molar refractivity (Wildman–Crippen MR) is 112 cm³/mol. The number of nitrogens with zero attached hydrogens (tertiary/aromatic N) is 2. The third-order valence-corrected chi connectivity index (χ3v) is 5.50. The van der Waals surface area contributed by atoms with Gasteiger partial charge in [0.25, 0.3) is 0 Å². The second-order valence-electron chi connectivity index (χ2n) is 7.10. The summed E-state index contributed by atoms with van der Waals surface area (Å²) in [6, 6.07) is 13.0. The molecule has 1 aliphatic rings. The van der Waals surface area contributed by atoms with E-state index in [9.17, 15) is 9.90 Å². The van der Waals surface area contributed by atoms with Crippen molar-refractivity contribution in [1.29, 1.82) is 0 Å². The number of likely N-dealkylation sites (tertiary alicyclic amines) is 1. The number of aromatic hydroxyl groups is 1. The minimum absolute atomic E-state index is 0.124. The number of ether oxygens (including phenoxy) is 1. The van der Waals surface area contributed by atoms with Gasteiger partial charge in [0, 0.05) is 54.4 Å². The zero-order valence-corrected chi connectivity index (χ0v) is 17.2. The number of rotatable bonds is 6. The highest BCUT2D eigenvalue weighted by molar-refractivity contribution is 6.30. The number of phenolic OH excluding ortho intramolecular Hbond substituents is 1. The van der Waals surface area contributed by atoms with Gasteiger partial charge in [-0.2, -0.15) is 0 Å². The van der Waals surface area contributed by atoms with Crippen LogP contribution in [0, 0.1) is 0 Å². The van der Waals surface area contributed by atoms with Crippen molar-refractivity contribution in [2.24, 2.45) is 0 Å². The first-order valence-electron chi connectivity index (χ1n) is 9.67. The first kappa shape index (κ1) is 20.5. The number of benzene rings is 2. The molecule has 6 heteroatoms. The smallest absolute Gasteiger partial charge is 0.226 e. The van der Waals surface area contributed by atoms with Crippen molar-refractivity contribution in [3.05, 3.63) is 53.1 Å². The van der Waals surface area contributed by atoms with Crippen LogP contribution in [0.15, 0.2) is 42.5 Å². The van der Waals surface area contributed by atoms with Crippen molar-refractivity contribution in [3.8, 4) is 11.5 Å². The molecular formula is C22H27ClN2O3. The lowest BCUT2D eigenvalue weighted by Crippen LogP contribution is -2.47. The van der Waals surface area contributed by atoms with Crippen molar-refractivity contribution < 1.29 is 14.6 Å². The lowest BCUT2D eigenvalue weighted by molar-refractivity contribution is -0.119. The molecule has 1 amide bonds. The van der Waals surface area contributed by atoms with E-state index in [0.29, 0.717) is 18.0 Å². The van der Waals surface area contributed by atoms with Crippen LogP contribution in [0.1, 0.15) is 31.7 Å². The third-order valence-electron chi connectivity index (χ3n) is 5.26. The summed E-state index contributed by atoms with van der Waals surface area (Å²) in [7, 11) is 1.63. The lowest BCUT2D eigenvalue weighted by atomic mass is 10.0. The van der Waals surface area contributed by atoms with E-state index in [2.05, 4.69) is 4.90 Å². The molecule has 0 unspecified atom stereocenters. The summed E-state index contributed by atoms with van der Waals surface area (Å²) >= 11 is 6.06. The average Bonchev–Trinajstić information content (AvgIpc) is 2.72. The Hall–Kier alpha value is -2.24. The number of phenols is 1. The van der Waals surface area contributed by atoms with Crippen LogP contribution >= 0.6 is 11.6 Å². The number of anilines is 1. The molecular weight excluding hydrogens is 376 g/mol. The predicted octanol–water partition coefficient (Wildman–Crippen LogP) is 4.46. The van der Waals surface area contributed by atoms with E-state index < -0.39 is 0 Å². The van der Waals surface area contributed by atoms with Gasteiger partial charge in [-0.15, -0.1) is 0 Å². The summed E-state index contributed by atoms with van der Waals surface area (Å²) < 4.78 is 5.33. The average molecular weight is 403 g/mol. The molecule has 0 aliphatic carbocycles. The highest BCUT2D eigenvalue weighted by atomic mass is 35.5. The standard InChI is InChI=1S/C22H27ClN2O3/c1-3-22(27)25(19-5-4-6-20(14-19)28-2)18-9-11-24(12-10-18)15-16-13-17(23)7-8-21(16)26/h4-8,13-14,18,26H,3,9-12,15H2,1-2H3. The van der Waals surface area contributed by atoms with Gasteiger partial charge in [0.1, 0.15) is 11.5 Å². The van der Waals surface area contributed by atoms with Gasteiger partial charge in [-0.25, -0.2) is 0 Å². The minimum Gasteiger partial charge on any atom is -0.508 e. The second kappa shape index (κ2) is 9.30. The van der Waals surface area contributed by atoms with Crippen LogP contribution in [0.2, 0.25) is 5.02 Å². The molecule has 0 aromatic heterocycles. The molecule has 2 aromatic carbocycles. The Labute approximate surface area is 171 Å². The second-order valence-corrected chi connectivity index (χ2v) is 7.54. The number of hydrogen-bond acceptors (Lipinski definition) is 4. The van der Waals surface area contributed by atoms with Crippen molar-refractivity contribution in [1.82, 2.24) is 4.90 Å². The Kier molecular flexibility index (Phi) is 6.81. The van der Waals surface area contributed by atoms with Crippen molar-refractivity contribution in [3.63, 3.8) is 0 Å². The van der Waals surface area contributed by atoms with Crippen molar-refractivity contribution in [2.45, 2.75) is 38.8 Å². The number of carbonyl (C=O) groups is 1. The molecule has 28 heavy (non-hydrogen) atoms.